The summed E-state index contributed by atoms with van der Waals surface area (Å²) in [7, 11) is 0. The van der Waals surface area contributed by atoms with Gasteiger partial charge in [-0.1, -0.05) is 44.6 Å². The lowest BCUT2D eigenvalue weighted by atomic mass is 10.2. The smallest absolute Gasteiger partial charge is 0.260 e. The Morgan fingerprint density at radius 2 is 1.88 bits per heavy atom. The Labute approximate surface area is 198 Å². The fourth-order valence-electron chi connectivity index (χ4n) is 3.70. The molecule has 1 aromatic heterocycles. The molecule has 8 heteroatoms. The number of fused-ring (bicyclic) bond motifs is 2. The summed E-state index contributed by atoms with van der Waals surface area (Å²) < 4.78 is 17.8. The van der Waals surface area contributed by atoms with Gasteiger partial charge in [-0.2, -0.15) is 0 Å². The Hall–Kier alpha value is -2.84. The molecule has 0 saturated carbocycles. The number of carbonyl (C=O) groups excluding carboxylic acids is 1. The number of ether oxygens (including phenoxy) is 3. The second-order valence-corrected chi connectivity index (χ2v) is 8.89. The summed E-state index contributed by atoms with van der Waals surface area (Å²) in [5.41, 5.74) is 1.40. The molecule has 0 unspecified atom stereocenters. The van der Waals surface area contributed by atoms with E-state index in [9.17, 15) is 4.79 Å². The summed E-state index contributed by atoms with van der Waals surface area (Å²) in [4.78, 5) is 22.5. The number of thiazole rings is 1. The molecule has 3 aromatic rings. The van der Waals surface area contributed by atoms with Crippen LogP contribution in [0.25, 0.3) is 10.2 Å². The van der Waals surface area contributed by atoms with E-state index in [4.69, 9.17) is 19.2 Å². The van der Waals surface area contributed by atoms with E-state index in [0.29, 0.717) is 35.3 Å². The highest BCUT2D eigenvalue weighted by Gasteiger charge is 2.24. The van der Waals surface area contributed by atoms with Crippen LogP contribution >= 0.6 is 11.3 Å². The number of benzene rings is 2. The lowest BCUT2D eigenvalue weighted by molar-refractivity contribution is 0.0983. The van der Waals surface area contributed by atoms with Crippen LogP contribution in [0.15, 0.2) is 36.4 Å². The first-order valence-electron chi connectivity index (χ1n) is 11.6. The van der Waals surface area contributed by atoms with Crippen molar-refractivity contribution >= 4 is 32.6 Å². The first-order chi connectivity index (χ1) is 16.1. The number of nitrogens with zero attached hydrogens (tertiary/aromatic N) is 3. The fourth-order valence-corrected chi connectivity index (χ4v) is 4.70. The zero-order chi connectivity index (χ0) is 23.2. The lowest BCUT2D eigenvalue weighted by Crippen LogP contribution is -2.38. The number of hydrogen-bond donors (Lipinski definition) is 0. The molecule has 7 nitrogen and oxygen atoms in total. The predicted molar refractivity (Wildman–Crippen MR) is 132 cm³/mol. The summed E-state index contributed by atoms with van der Waals surface area (Å²) in [5, 5.41) is 0.670. The van der Waals surface area contributed by atoms with Crippen molar-refractivity contribution in [1.82, 2.24) is 9.88 Å². The quantitative estimate of drug-likeness (QED) is 0.360. The molecular formula is C25H31N3O4S. The van der Waals surface area contributed by atoms with Crippen LogP contribution in [0.5, 0.6) is 17.2 Å². The van der Waals surface area contributed by atoms with Crippen LogP contribution in [0.4, 0.5) is 5.13 Å². The maximum atomic E-state index is 13.7. The normalized spacial score (nSPS) is 12.5. The molecule has 176 valence electrons. The van der Waals surface area contributed by atoms with Crippen molar-refractivity contribution in [1.29, 1.82) is 0 Å². The van der Waals surface area contributed by atoms with Gasteiger partial charge in [0, 0.05) is 30.8 Å². The number of aromatic nitrogens is 1. The van der Waals surface area contributed by atoms with Gasteiger partial charge in [-0.05, 0) is 37.7 Å². The maximum Gasteiger partial charge on any atom is 0.260 e. The molecule has 0 aliphatic carbocycles. The monoisotopic (exact) mass is 469 g/mol. The minimum atomic E-state index is -0.0813. The molecule has 2 aromatic carbocycles. The van der Waals surface area contributed by atoms with Gasteiger partial charge in [0.15, 0.2) is 16.6 Å². The van der Waals surface area contributed by atoms with E-state index in [0.717, 1.165) is 48.4 Å². The molecule has 2 heterocycles. The van der Waals surface area contributed by atoms with Gasteiger partial charge in [-0.15, -0.1) is 0 Å². The second kappa shape index (κ2) is 10.9. The van der Waals surface area contributed by atoms with Crippen molar-refractivity contribution in [2.45, 2.75) is 33.6 Å². The number of unbranched alkanes of at least 4 members (excludes halogenated alkanes) is 1. The number of carbonyl (C=O) groups is 1. The number of hydrogen-bond acceptors (Lipinski definition) is 7. The van der Waals surface area contributed by atoms with E-state index in [-0.39, 0.29) is 12.7 Å². The number of likely N-dealkylation sites (N-methyl/N-ethyl adjacent to an activating group) is 1. The Bertz CT molecular complexity index is 1060. The van der Waals surface area contributed by atoms with E-state index >= 15 is 0 Å². The van der Waals surface area contributed by atoms with E-state index in [1.54, 1.807) is 4.90 Å². The molecule has 1 aliphatic heterocycles. The molecule has 1 amide bonds. The molecule has 0 fully saturated rings. The summed E-state index contributed by atoms with van der Waals surface area (Å²) >= 11 is 1.49. The van der Waals surface area contributed by atoms with Gasteiger partial charge < -0.3 is 19.1 Å². The van der Waals surface area contributed by atoms with Crippen molar-refractivity contribution in [3.05, 3.63) is 42.0 Å². The van der Waals surface area contributed by atoms with Crippen molar-refractivity contribution in [3.63, 3.8) is 0 Å². The summed E-state index contributed by atoms with van der Waals surface area (Å²) in [6, 6.07) is 11.2. The molecule has 0 radical (unpaired) electrons. The van der Waals surface area contributed by atoms with Crippen LogP contribution in [-0.2, 0) is 0 Å². The first-order valence-corrected chi connectivity index (χ1v) is 12.4. The topological polar surface area (TPSA) is 64.1 Å². The van der Waals surface area contributed by atoms with Gasteiger partial charge in [0.2, 0.25) is 6.79 Å². The molecule has 0 bridgehead atoms. The van der Waals surface area contributed by atoms with Crippen molar-refractivity contribution in [2.24, 2.45) is 0 Å². The van der Waals surface area contributed by atoms with Gasteiger partial charge in [0.1, 0.15) is 5.75 Å². The van der Waals surface area contributed by atoms with Crippen molar-refractivity contribution < 1.29 is 19.0 Å². The van der Waals surface area contributed by atoms with Gasteiger partial charge >= 0.3 is 0 Å². The highest BCUT2D eigenvalue weighted by atomic mass is 32.1. The van der Waals surface area contributed by atoms with Gasteiger partial charge in [0.05, 0.1) is 16.8 Å². The third kappa shape index (κ3) is 5.39. The van der Waals surface area contributed by atoms with Crippen molar-refractivity contribution in [2.75, 3.05) is 44.5 Å². The SMILES string of the molecule is CCCCOc1cccc(C(=O)N(CCN(CC)CC)c2nc3cc4c(cc3s2)OCO4)c1. The first kappa shape index (κ1) is 23.3. The van der Waals surface area contributed by atoms with Crippen LogP contribution in [0.2, 0.25) is 0 Å². The maximum absolute atomic E-state index is 13.7. The summed E-state index contributed by atoms with van der Waals surface area (Å²) in [6.45, 7) is 10.4. The third-order valence-corrected chi connectivity index (χ3v) is 6.77. The minimum Gasteiger partial charge on any atom is -0.494 e. The number of rotatable bonds is 11. The van der Waals surface area contributed by atoms with Crippen LogP contribution in [0.3, 0.4) is 0 Å². The Morgan fingerprint density at radius 3 is 2.64 bits per heavy atom. The highest BCUT2D eigenvalue weighted by Crippen LogP contribution is 2.40. The van der Waals surface area contributed by atoms with E-state index in [1.165, 1.54) is 11.3 Å². The largest absolute Gasteiger partial charge is 0.494 e. The Balaban J connectivity index is 1.63. The molecule has 1 aliphatic rings. The molecule has 4 rings (SSSR count). The molecule has 0 atom stereocenters. The van der Waals surface area contributed by atoms with E-state index in [2.05, 4.69) is 25.7 Å². The van der Waals surface area contributed by atoms with Crippen LogP contribution in [0.1, 0.15) is 44.0 Å². The fraction of sp³-hybridized carbons (Fsp3) is 0.440. The molecular weight excluding hydrogens is 438 g/mol. The minimum absolute atomic E-state index is 0.0813. The highest BCUT2D eigenvalue weighted by molar-refractivity contribution is 7.22. The second-order valence-electron chi connectivity index (χ2n) is 7.88. The third-order valence-electron chi connectivity index (χ3n) is 5.73. The van der Waals surface area contributed by atoms with Crippen LogP contribution in [0, 0.1) is 0 Å². The summed E-state index contributed by atoms with van der Waals surface area (Å²) in [5.74, 6) is 2.04. The Morgan fingerprint density at radius 1 is 1.09 bits per heavy atom. The van der Waals surface area contributed by atoms with Crippen LogP contribution < -0.4 is 19.1 Å². The van der Waals surface area contributed by atoms with E-state index < -0.39 is 0 Å². The molecule has 0 spiro atoms. The van der Waals surface area contributed by atoms with Gasteiger partial charge in [-0.25, -0.2) is 4.98 Å². The van der Waals surface area contributed by atoms with E-state index in [1.807, 2.05) is 36.4 Å². The molecule has 0 N–H and O–H groups in total. The zero-order valence-corrected chi connectivity index (χ0v) is 20.3. The Kier molecular flexibility index (Phi) is 7.67. The summed E-state index contributed by atoms with van der Waals surface area (Å²) in [6.07, 6.45) is 2.05. The predicted octanol–water partition coefficient (Wildman–Crippen LogP) is 5.19. The zero-order valence-electron chi connectivity index (χ0n) is 19.5. The van der Waals surface area contributed by atoms with Gasteiger partial charge in [0.25, 0.3) is 5.91 Å². The molecule has 0 saturated heterocycles. The van der Waals surface area contributed by atoms with Crippen molar-refractivity contribution in [3.8, 4) is 17.2 Å². The van der Waals surface area contributed by atoms with Crippen LogP contribution in [-0.4, -0.2) is 55.4 Å². The number of amides is 1. The van der Waals surface area contributed by atoms with Gasteiger partial charge in [-0.3, -0.25) is 9.69 Å². The standard InChI is InChI=1S/C25H31N3O4S/c1-4-7-13-30-19-10-8-9-18(14-19)24(29)28(12-11-27(5-2)6-3)25-26-20-15-21-22(32-17-31-21)16-23(20)33-25/h8-10,14-16H,4-7,11-13,17H2,1-3H3. The number of anilines is 1. The molecule has 33 heavy (non-hydrogen) atoms. The average Bonchev–Trinajstić information content (AvgIpc) is 3.46. The average molecular weight is 470 g/mol. The lowest BCUT2D eigenvalue weighted by Gasteiger charge is -2.25.